The third kappa shape index (κ3) is 3.94. The van der Waals surface area contributed by atoms with Gasteiger partial charge in [0.2, 0.25) is 0 Å². The van der Waals surface area contributed by atoms with Crippen molar-refractivity contribution in [1.82, 2.24) is 0 Å². The Morgan fingerprint density at radius 1 is 1.10 bits per heavy atom. The van der Waals surface area contributed by atoms with Crippen molar-refractivity contribution >= 4 is 22.4 Å². The first-order valence-electron chi connectivity index (χ1n) is 6.85. The maximum atomic E-state index is 12.4. The van der Waals surface area contributed by atoms with Gasteiger partial charge in [-0.25, -0.2) is 0 Å². The van der Waals surface area contributed by atoms with Gasteiger partial charge in [-0.05, 0) is 61.7 Å². The molecule has 0 bridgehead atoms. The van der Waals surface area contributed by atoms with Gasteiger partial charge in [-0.2, -0.15) is 0 Å². The van der Waals surface area contributed by atoms with Gasteiger partial charge >= 0.3 is 0 Å². The van der Waals surface area contributed by atoms with Crippen molar-refractivity contribution in [3.8, 4) is 0 Å². The summed E-state index contributed by atoms with van der Waals surface area (Å²) in [6.07, 6.45) is 0. The first kappa shape index (κ1) is 16.2. The number of aryl methyl sites for hydroxylation is 3. The molecule has 0 radical (unpaired) electrons. The molecule has 2 aromatic carbocycles. The van der Waals surface area contributed by atoms with Crippen LogP contribution in [-0.2, 0) is 10.8 Å². The van der Waals surface area contributed by atoms with E-state index >= 15 is 0 Å². The molecule has 21 heavy (non-hydrogen) atoms. The number of rotatable bonds is 4. The zero-order valence-electron chi connectivity index (χ0n) is 12.5. The van der Waals surface area contributed by atoms with Gasteiger partial charge in [-0.1, -0.05) is 29.3 Å². The maximum absolute atomic E-state index is 12.4. The Hall–Kier alpha value is -1.16. The smallest absolute Gasteiger partial charge is 0.0548 e. The highest BCUT2D eigenvalue weighted by Gasteiger charge is 2.16. The van der Waals surface area contributed by atoms with Crippen molar-refractivity contribution in [2.24, 2.45) is 5.73 Å². The molecule has 0 saturated carbocycles. The molecule has 0 aliphatic heterocycles. The summed E-state index contributed by atoms with van der Waals surface area (Å²) in [5, 5.41) is 0.644. The van der Waals surface area contributed by atoms with Gasteiger partial charge in [0.25, 0.3) is 0 Å². The summed E-state index contributed by atoms with van der Waals surface area (Å²) in [4.78, 5) is 0.761. The number of nitrogens with two attached hydrogens (primary N) is 1. The molecule has 0 spiro atoms. The van der Waals surface area contributed by atoms with Crippen molar-refractivity contribution in [2.45, 2.75) is 31.7 Å². The van der Waals surface area contributed by atoms with Crippen LogP contribution < -0.4 is 5.73 Å². The molecule has 0 heterocycles. The Morgan fingerprint density at radius 3 is 2.14 bits per heavy atom. The SMILES string of the molecule is Cc1cc(C)c(C(N)CS(=O)c2ccc(Cl)cc2)c(C)c1. The van der Waals surface area contributed by atoms with E-state index in [0.717, 1.165) is 21.6 Å². The summed E-state index contributed by atoms with van der Waals surface area (Å²) in [6, 6.07) is 11.1. The van der Waals surface area contributed by atoms with Crippen molar-refractivity contribution in [2.75, 3.05) is 5.75 Å². The zero-order valence-corrected chi connectivity index (χ0v) is 14.1. The average molecular weight is 322 g/mol. The molecule has 2 unspecified atom stereocenters. The van der Waals surface area contributed by atoms with Crippen LogP contribution in [0.5, 0.6) is 0 Å². The van der Waals surface area contributed by atoms with Gasteiger partial charge in [0.1, 0.15) is 0 Å². The lowest BCUT2D eigenvalue weighted by atomic mass is 9.95. The molecule has 112 valence electrons. The summed E-state index contributed by atoms with van der Waals surface area (Å²) in [5.74, 6) is 0.409. The topological polar surface area (TPSA) is 43.1 Å². The van der Waals surface area contributed by atoms with Gasteiger partial charge in [0, 0.05) is 21.7 Å². The van der Waals surface area contributed by atoms with Crippen molar-refractivity contribution in [1.29, 1.82) is 0 Å². The molecule has 2 rings (SSSR count). The van der Waals surface area contributed by atoms with Crippen LogP contribution in [0.15, 0.2) is 41.3 Å². The Labute approximate surface area is 133 Å². The number of hydrogen-bond donors (Lipinski definition) is 1. The zero-order chi connectivity index (χ0) is 15.6. The second-order valence-corrected chi connectivity index (χ2v) is 7.32. The third-order valence-corrected chi connectivity index (χ3v) is 5.23. The average Bonchev–Trinajstić information content (AvgIpc) is 2.37. The standard InChI is InChI=1S/C17H20ClNOS/c1-11-8-12(2)17(13(3)9-11)16(19)10-21(20)15-6-4-14(18)5-7-15/h4-9,16H,10,19H2,1-3H3. The molecule has 0 amide bonds. The number of hydrogen-bond acceptors (Lipinski definition) is 2. The summed E-state index contributed by atoms with van der Waals surface area (Å²) >= 11 is 5.85. The second-order valence-electron chi connectivity index (χ2n) is 5.38. The van der Waals surface area contributed by atoms with Crippen molar-refractivity contribution in [3.63, 3.8) is 0 Å². The van der Waals surface area contributed by atoms with Crippen LogP contribution in [0.1, 0.15) is 28.3 Å². The summed E-state index contributed by atoms with van der Waals surface area (Å²) in [6.45, 7) is 6.18. The van der Waals surface area contributed by atoms with Crippen LogP contribution in [0, 0.1) is 20.8 Å². The van der Waals surface area contributed by atoms with Crippen LogP contribution in [0.2, 0.25) is 5.02 Å². The molecular formula is C17H20ClNOS. The predicted octanol–water partition coefficient (Wildman–Crippen LogP) is 4.07. The monoisotopic (exact) mass is 321 g/mol. The van der Waals surface area contributed by atoms with E-state index in [2.05, 4.69) is 32.9 Å². The van der Waals surface area contributed by atoms with E-state index in [9.17, 15) is 4.21 Å². The van der Waals surface area contributed by atoms with Crippen LogP contribution in [0.4, 0.5) is 0 Å². The van der Waals surface area contributed by atoms with Gasteiger partial charge in [-0.15, -0.1) is 0 Å². The lowest BCUT2D eigenvalue weighted by molar-refractivity contribution is 0.674. The third-order valence-electron chi connectivity index (χ3n) is 3.52. The summed E-state index contributed by atoms with van der Waals surface area (Å²) in [5.41, 5.74) is 10.9. The second kappa shape index (κ2) is 6.73. The summed E-state index contributed by atoms with van der Waals surface area (Å²) < 4.78 is 12.4. The van der Waals surface area contributed by atoms with E-state index in [-0.39, 0.29) is 6.04 Å². The molecule has 2 nitrogen and oxygen atoms in total. The quantitative estimate of drug-likeness (QED) is 0.922. The molecule has 2 aromatic rings. The van der Waals surface area contributed by atoms with Crippen LogP contribution >= 0.6 is 11.6 Å². The predicted molar refractivity (Wildman–Crippen MR) is 90.3 cm³/mol. The molecule has 0 aliphatic rings. The normalized spacial score (nSPS) is 14.0. The Balaban J connectivity index is 2.20. The minimum absolute atomic E-state index is 0.234. The van der Waals surface area contributed by atoms with Crippen LogP contribution in [-0.4, -0.2) is 9.96 Å². The van der Waals surface area contributed by atoms with E-state index in [4.69, 9.17) is 17.3 Å². The van der Waals surface area contributed by atoms with E-state index in [1.165, 1.54) is 5.56 Å². The van der Waals surface area contributed by atoms with Crippen molar-refractivity contribution in [3.05, 3.63) is 63.7 Å². The van der Waals surface area contributed by atoms with E-state index in [1.54, 1.807) is 24.3 Å². The largest absolute Gasteiger partial charge is 0.323 e. The van der Waals surface area contributed by atoms with Gasteiger partial charge < -0.3 is 5.73 Å². The van der Waals surface area contributed by atoms with Crippen LogP contribution in [0.3, 0.4) is 0 Å². The number of halogens is 1. The highest BCUT2D eigenvalue weighted by molar-refractivity contribution is 7.85. The van der Waals surface area contributed by atoms with Gasteiger partial charge in [0.05, 0.1) is 10.8 Å². The van der Waals surface area contributed by atoms with Crippen LogP contribution in [0.25, 0.3) is 0 Å². The molecule has 0 fully saturated rings. The highest BCUT2D eigenvalue weighted by Crippen LogP contribution is 2.24. The molecule has 0 aromatic heterocycles. The van der Waals surface area contributed by atoms with Gasteiger partial charge in [-0.3, -0.25) is 4.21 Å². The molecule has 0 aliphatic carbocycles. The fraction of sp³-hybridized carbons (Fsp3) is 0.294. The number of benzene rings is 2. The fourth-order valence-corrected chi connectivity index (χ4v) is 3.96. The maximum Gasteiger partial charge on any atom is 0.0548 e. The molecule has 4 heteroatoms. The Kier molecular flexibility index (Phi) is 5.20. The summed E-state index contributed by atoms with van der Waals surface area (Å²) in [7, 11) is -1.13. The van der Waals surface area contributed by atoms with E-state index in [1.807, 2.05) is 0 Å². The van der Waals surface area contributed by atoms with E-state index < -0.39 is 10.8 Å². The lowest BCUT2D eigenvalue weighted by Crippen LogP contribution is -2.20. The lowest BCUT2D eigenvalue weighted by Gasteiger charge is -2.18. The first-order chi connectivity index (χ1) is 9.88. The Morgan fingerprint density at radius 2 is 1.62 bits per heavy atom. The molecule has 2 atom stereocenters. The minimum Gasteiger partial charge on any atom is -0.323 e. The minimum atomic E-state index is -1.13. The fourth-order valence-electron chi connectivity index (χ4n) is 2.71. The molecular weight excluding hydrogens is 302 g/mol. The molecule has 0 saturated heterocycles. The van der Waals surface area contributed by atoms with E-state index in [0.29, 0.717) is 10.8 Å². The van der Waals surface area contributed by atoms with Gasteiger partial charge in [0.15, 0.2) is 0 Å². The molecule has 2 N–H and O–H groups in total. The van der Waals surface area contributed by atoms with Crippen molar-refractivity contribution < 1.29 is 4.21 Å². The Bertz CT molecular complexity index is 644. The highest BCUT2D eigenvalue weighted by atomic mass is 35.5. The first-order valence-corrected chi connectivity index (χ1v) is 8.55.